The van der Waals surface area contributed by atoms with Gasteiger partial charge in [0.25, 0.3) is 0 Å². The Morgan fingerprint density at radius 3 is 2.50 bits per heavy atom. The van der Waals surface area contributed by atoms with E-state index in [4.69, 9.17) is 10.5 Å². The summed E-state index contributed by atoms with van der Waals surface area (Å²) in [7, 11) is 1.64. The van der Waals surface area contributed by atoms with Crippen molar-refractivity contribution in [2.75, 3.05) is 24.7 Å². The highest BCUT2D eigenvalue weighted by Crippen LogP contribution is 2.24. The first-order valence-corrected chi connectivity index (χ1v) is 5.72. The molecule has 0 spiro atoms. The Morgan fingerprint density at radius 2 is 2.00 bits per heavy atom. The fraction of sp³-hybridized carbons (Fsp3) is 0.538. The average Bonchev–Trinajstić information content (AvgIpc) is 2.26. The second-order valence-corrected chi connectivity index (χ2v) is 4.56. The second-order valence-electron chi connectivity index (χ2n) is 4.56. The first kappa shape index (κ1) is 12.7. The van der Waals surface area contributed by atoms with Gasteiger partial charge in [-0.2, -0.15) is 0 Å². The van der Waals surface area contributed by atoms with E-state index in [1.54, 1.807) is 7.11 Å². The summed E-state index contributed by atoms with van der Waals surface area (Å²) >= 11 is 0. The van der Waals surface area contributed by atoms with Crippen LogP contribution in [0.15, 0.2) is 18.2 Å². The topological polar surface area (TPSA) is 47.3 Å². The summed E-state index contributed by atoms with van der Waals surface area (Å²) in [6.07, 6.45) is 0. The number of methoxy groups -OCH3 is 1. The van der Waals surface area contributed by atoms with Crippen LogP contribution in [0, 0.1) is 11.8 Å². The molecule has 0 amide bonds. The largest absolute Gasteiger partial charge is 0.497 e. The van der Waals surface area contributed by atoms with Crippen LogP contribution in [0.3, 0.4) is 0 Å². The molecule has 0 heterocycles. The number of ether oxygens (including phenoxy) is 1. The number of nitrogens with two attached hydrogens (primary N) is 1. The van der Waals surface area contributed by atoms with E-state index in [0.717, 1.165) is 23.7 Å². The fourth-order valence-electron chi connectivity index (χ4n) is 1.34. The van der Waals surface area contributed by atoms with Gasteiger partial charge in [0.1, 0.15) is 5.75 Å². The molecule has 1 aromatic rings. The predicted molar refractivity (Wildman–Crippen MR) is 69.9 cm³/mol. The smallest absolute Gasteiger partial charge is 0.121 e. The van der Waals surface area contributed by atoms with Gasteiger partial charge in [-0.05, 0) is 24.0 Å². The Labute approximate surface area is 98.0 Å². The Hall–Kier alpha value is -1.38. The number of hydrogen-bond acceptors (Lipinski definition) is 3. The van der Waals surface area contributed by atoms with Crippen LogP contribution in [0.1, 0.15) is 20.8 Å². The number of rotatable bonds is 5. The molecule has 0 aliphatic rings. The van der Waals surface area contributed by atoms with E-state index < -0.39 is 0 Å². The minimum atomic E-state index is 0.626. The molecule has 0 radical (unpaired) electrons. The summed E-state index contributed by atoms with van der Waals surface area (Å²) in [6, 6.07) is 5.71. The molecular weight excluding hydrogens is 200 g/mol. The summed E-state index contributed by atoms with van der Waals surface area (Å²) < 4.78 is 5.11. The number of hydrogen-bond donors (Lipinski definition) is 2. The number of nitrogen functional groups attached to an aromatic ring is 1. The van der Waals surface area contributed by atoms with Crippen molar-refractivity contribution in [2.24, 2.45) is 11.8 Å². The van der Waals surface area contributed by atoms with E-state index in [-0.39, 0.29) is 0 Å². The van der Waals surface area contributed by atoms with E-state index in [9.17, 15) is 0 Å². The SMILES string of the molecule is COc1ccc(NCC(C)C(C)C)c(N)c1. The van der Waals surface area contributed by atoms with Gasteiger partial charge in [0, 0.05) is 12.6 Å². The van der Waals surface area contributed by atoms with Crippen molar-refractivity contribution in [2.45, 2.75) is 20.8 Å². The molecule has 3 nitrogen and oxygen atoms in total. The van der Waals surface area contributed by atoms with Crippen molar-refractivity contribution in [3.05, 3.63) is 18.2 Å². The third-order valence-electron chi connectivity index (χ3n) is 3.01. The standard InChI is InChI=1S/C13H22N2O/c1-9(2)10(3)8-15-13-6-5-11(16-4)7-12(13)14/h5-7,9-10,15H,8,14H2,1-4H3. The summed E-state index contributed by atoms with van der Waals surface area (Å²) in [5.41, 5.74) is 7.63. The molecule has 1 aromatic carbocycles. The van der Waals surface area contributed by atoms with E-state index >= 15 is 0 Å². The molecule has 1 unspecified atom stereocenters. The van der Waals surface area contributed by atoms with E-state index in [2.05, 4.69) is 26.1 Å². The average molecular weight is 222 g/mol. The Balaban J connectivity index is 2.61. The Kier molecular flexibility index (Phi) is 4.47. The minimum Gasteiger partial charge on any atom is -0.497 e. The van der Waals surface area contributed by atoms with Crippen LogP contribution in [-0.4, -0.2) is 13.7 Å². The van der Waals surface area contributed by atoms with Crippen LogP contribution >= 0.6 is 0 Å². The third-order valence-corrected chi connectivity index (χ3v) is 3.01. The lowest BCUT2D eigenvalue weighted by Crippen LogP contribution is -2.16. The molecule has 3 N–H and O–H groups in total. The molecule has 1 atom stereocenters. The molecule has 0 aromatic heterocycles. The van der Waals surface area contributed by atoms with E-state index in [1.807, 2.05) is 18.2 Å². The highest BCUT2D eigenvalue weighted by Gasteiger charge is 2.07. The lowest BCUT2D eigenvalue weighted by molar-refractivity contribution is 0.415. The molecule has 0 fully saturated rings. The van der Waals surface area contributed by atoms with Crippen molar-refractivity contribution in [3.63, 3.8) is 0 Å². The van der Waals surface area contributed by atoms with Gasteiger partial charge in [-0.25, -0.2) is 0 Å². The summed E-state index contributed by atoms with van der Waals surface area (Å²) in [5, 5.41) is 3.36. The first-order chi connectivity index (χ1) is 7.54. The molecule has 3 heteroatoms. The lowest BCUT2D eigenvalue weighted by Gasteiger charge is -2.18. The molecule has 0 aliphatic carbocycles. The quantitative estimate of drug-likeness (QED) is 0.753. The minimum absolute atomic E-state index is 0.626. The molecule has 90 valence electrons. The maximum atomic E-state index is 5.92. The van der Waals surface area contributed by atoms with Crippen molar-refractivity contribution >= 4 is 11.4 Å². The molecule has 1 rings (SSSR count). The third kappa shape index (κ3) is 3.33. The van der Waals surface area contributed by atoms with Crippen LogP contribution in [0.4, 0.5) is 11.4 Å². The highest BCUT2D eigenvalue weighted by molar-refractivity contribution is 5.68. The molecule has 0 saturated carbocycles. The van der Waals surface area contributed by atoms with Crippen LogP contribution < -0.4 is 15.8 Å². The number of benzene rings is 1. The Bertz CT molecular complexity index is 337. The van der Waals surface area contributed by atoms with Crippen molar-refractivity contribution in [1.29, 1.82) is 0 Å². The maximum absolute atomic E-state index is 5.92. The second kappa shape index (κ2) is 5.64. The normalized spacial score (nSPS) is 12.6. The molecule has 16 heavy (non-hydrogen) atoms. The van der Waals surface area contributed by atoms with Crippen molar-refractivity contribution in [3.8, 4) is 5.75 Å². The highest BCUT2D eigenvalue weighted by atomic mass is 16.5. The van der Waals surface area contributed by atoms with Crippen LogP contribution in [-0.2, 0) is 0 Å². The zero-order valence-electron chi connectivity index (χ0n) is 10.6. The van der Waals surface area contributed by atoms with Crippen LogP contribution in [0.2, 0.25) is 0 Å². The summed E-state index contributed by atoms with van der Waals surface area (Å²) in [5.74, 6) is 2.09. The van der Waals surface area contributed by atoms with Gasteiger partial charge in [-0.1, -0.05) is 20.8 Å². The number of nitrogens with one attached hydrogen (secondary N) is 1. The molecule has 0 bridgehead atoms. The molecule has 0 saturated heterocycles. The zero-order valence-corrected chi connectivity index (χ0v) is 10.6. The van der Waals surface area contributed by atoms with Gasteiger partial charge < -0.3 is 15.8 Å². The van der Waals surface area contributed by atoms with E-state index in [0.29, 0.717) is 11.8 Å². The van der Waals surface area contributed by atoms with Gasteiger partial charge in [-0.3, -0.25) is 0 Å². The van der Waals surface area contributed by atoms with Crippen LogP contribution in [0.5, 0.6) is 5.75 Å². The molecular formula is C13H22N2O. The van der Waals surface area contributed by atoms with Gasteiger partial charge in [-0.15, -0.1) is 0 Å². The summed E-state index contributed by atoms with van der Waals surface area (Å²) in [6.45, 7) is 7.62. The predicted octanol–water partition coefficient (Wildman–Crippen LogP) is 2.98. The number of anilines is 2. The van der Waals surface area contributed by atoms with Crippen molar-refractivity contribution in [1.82, 2.24) is 0 Å². The maximum Gasteiger partial charge on any atom is 0.121 e. The lowest BCUT2D eigenvalue weighted by atomic mass is 9.98. The summed E-state index contributed by atoms with van der Waals surface area (Å²) in [4.78, 5) is 0. The van der Waals surface area contributed by atoms with Crippen molar-refractivity contribution < 1.29 is 4.74 Å². The Morgan fingerprint density at radius 1 is 1.31 bits per heavy atom. The van der Waals surface area contributed by atoms with Gasteiger partial charge in [0.05, 0.1) is 18.5 Å². The fourth-order valence-corrected chi connectivity index (χ4v) is 1.34. The van der Waals surface area contributed by atoms with E-state index in [1.165, 1.54) is 0 Å². The van der Waals surface area contributed by atoms with Gasteiger partial charge in [0.15, 0.2) is 0 Å². The molecule has 0 aliphatic heterocycles. The first-order valence-electron chi connectivity index (χ1n) is 5.72. The van der Waals surface area contributed by atoms with Gasteiger partial charge in [0.2, 0.25) is 0 Å². The zero-order chi connectivity index (χ0) is 12.1. The van der Waals surface area contributed by atoms with Gasteiger partial charge >= 0.3 is 0 Å². The van der Waals surface area contributed by atoms with Crippen LogP contribution in [0.25, 0.3) is 0 Å². The monoisotopic (exact) mass is 222 g/mol.